The van der Waals surface area contributed by atoms with Gasteiger partial charge in [0.05, 0.1) is 17.8 Å². The van der Waals surface area contributed by atoms with Crippen LogP contribution in [0.2, 0.25) is 0 Å². The fraction of sp³-hybridized carbons (Fsp3) is 0.308. The summed E-state index contributed by atoms with van der Waals surface area (Å²) < 4.78 is 30.7. The van der Waals surface area contributed by atoms with Gasteiger partial charge < -0.3 is 9.72 Å². The van der Waals surface area contributed by atoms with Crippen molar-refractivity contribution in [1.29, 1.82) is 0 Å². The van der Waals surface area contributed by atoms with Crippen molar-refractivity contribution in [2.75, 3.05) is 6.61 Å². The summed E-state index contributed by atoms with van der Waals surface area (Å²) in [4.78, 5) is 14.3. The maximum atomic E-state index is 12.6. The summed E-state index contributed by atoms with van der Waals surface area (Å²) >= 11 is 0. The lowest BCUT2D eigenvalue weighted by Gasteiger charge is -2.09. The minimum absolute atomic E-state index is 0.328. The van der Waals surface area contributed by atoms with Crippen molar-refractivity contribution >= 4 is 10.9 Å². The molecule has 2 rings (SSSR count). The predicted octanol–water partition coefficient (Wildman–Crippen LogP) is 3.25. The fourth-order valence-electron chi connectivity index (χ4n) is 1.71. The Morgan fingerprint density at radius 1 is 1.39 bits per heavy atom. The van der Waals surface area contributed by atoms with Crippen molar-refractivity contribution in [1.82, 2.24) is 4.98 Å². The quantitative estimate of drug-likeness (QED) is 0.908. The predicted molar refractivity (Wildman–Crippen MR) is 65.3 cm³/mol. The average molecular weight is 253 g/mol. The summed E-state index contributed by atoms with van der Waals surface area (Å²) in [6, 6.07) is 5.84. The zero-order chi connectivity index (χ0) is 13.1. The highest BCUT2D eigenvalue weighted by atomic mass is 19.3. The lowest BCUT2D eigenvalue weighted by atomic mass is 10.2. The number of ether oxygens (including phenoxy) is 1. The number of halogens is 2. The van der Waals surface area contributed by atoms with E-state index in [1.54, 1.807) is 18.2 Å². The van der Waals surface area contributed by atoms with Crippen molar-refractivity contribution in [3.63, 3.8) is 0 Å². The van der Waals surface area contributed by atoms with Gasteiger partial charge in [0.2, 0.25) is 0 Å². The van der Waals surface area contributed by atoms with Gasteiger partial charge in [-0.2, -0.15) is 0 Å². The molecule has 1 heterocycles. The molecule has 0 atom stereocenters. The second-order valence-electron chi connectivity index (χ2n) is 3.92. The smallest absolute Gasteiger partial charge is 0.278 e. The Balaban J connectivity index is 2.62. The number of benzene rings is 1. The van der Waals surface area contributed by atoms with E-state index in [0.717, 1.165) is 12.5 Å². The highest BCUT2D eigenvalue weighted by molar-refractivity contribution is 5.84. The first-order valence-electron chi connectivity index (χ1n) is 5.70. The Bertz CT molecular complexity index is 607. The van der Waals surface area contributed by atoms with Crippen LogP contribution in [0.25, 0.3) is 10.9 Å². The summed E-state index contributed by atoms with van der Waals surface area (Å²) in [6.07, 6.45) is -1.91. The third kappa shape index (κ3) is 2.34. The summed E-state index contributed by atoms with van der Waals surface area (Å²) in [5.41, 5.74) is -0.491. The first-order valence-corrected chi connectivity index (χ1v) is 5.70. The highest BCUT2D eigenvalue weighted by Gasteiger charge is 2.12. The normalized spacial score (nSPS) is 11.1. The van der Waals surface area contributed by atoms with E-state index in [4.69, 9.17) is 4.74 Å². The SMILES string of the molecule is CCCOc1cccc2c(=O)cc(C(F)F)[nH]c12. The fourth-order valence-corrected chi connectivity index (χ4v) is 1.71. The van der Waals surface area contributed by atoms with Gasteiger partial charge in [-0.3, -0.25) is 4.79 Å². The number of pyridine rings is 1. The van der Waals surface area contributed by atoms with Crippen LogP contribution >= 0.6 is 0 Å². The van der Waals surface area contributed by atoms with E-state index in [9.17, 15) is 13.6 Å². The zero-order valence-electron chi connectivity index (χ0n) is 9.87. The van der Waals surface area contributed by atoms with E-state index < -0.39 is 11.9 Å². The maximum absolute atomic E-state index is 12.6. The molecule has 1 aromatic carbocycles. The Morgan fingerprint density at radius 3 is 2.83 bits per heavy atom. The Kier molecular flexibility index (Phi) is 3.60. The van der Waals surface area contributed by atoms with E-state index >= 15 is 0 Å². The largest absolute Gasteiger partial charge is 0.491 e. The number of para-hydroxylation sites is 1. The monoisotopic (exact) mass is 253 g/mol. The molecule has 0 bridgehead atoms. The van der Waals surface area contributed by atoms with Gasteiger partial charge in [-0.25, -0.2) is 8.78 Å². The highest BCUT2D eigenvalue weighted by Crippen LogP contribution is 2.24. The Hall–Kier alpha value is -1.91. The van der Waals surface area contributed by atoms with Gasteiger partial charge in [0.25, 0.3) is 6.43 Å². The molecule has 0 aliphatic heterocycles. The molecule has 0 fully saturated rings. The van der Waals surface area contributed by atoms with Crippen LogP contribution in [0, 0.1) is 0 Å². The minimum atomic E-state index is -2.71. The minimum Gasteiger partial charge on any atom is -0.491 e. The third-order valence-corrected chi connectivity index (χ3v) is 2.54. The van der Waals surface area contributed by atoms with Crippen LogP contribution in [0.5, 0.6) is 5.75 Å². The summed E-state index contributed by atoms with van der Waals surface area (Å²) in [5.74, 6) is 0.425. The first-order chi connectivity index (χ1) is 8.63. The van der Waals surface area contributed by atoms with Crippen molar-refractivity contribution < 1.29 is 13.5 Å². The van der Waals surface area contributed by atoms with Gasteiger partial charge in [0.15, 0.2) is 5.43 Å². The molecule has 1 aromatic heterocycles. The molecule has 0 spiro atoms. The molecular weight excluding hydrogens is 240 g/mol. The lowest BCUT2D eigenvalue weighted by Crippen LogP contribution is -2.07. The molecule has 0 unspecified atom stereocenters. The molecule has 18 heavy (non-hydrogen) atoms. The van der Waals surface area contributed by atoms with E-state index in [0.29, 0.717) is 23.3 Å². The van der Waals surface area contributed by atoms with Gasteiger partial charge in [-0.1, -0.05) is 13.0 Å². The summed E-state index contributed by atoms with van der Waals surface area (Å²) in [6.45, 7) is 2.42. The van der Waals surface area contributed by atoms with Crippen LogP contribution in [0.1, 0.15) is 25.5 Å². The van der Waals surface area contributed by atoms with Gasteiger partial charge in [0.1, 0.15) is 5.75 Å². The second kappa shape index (κ2) is 5.16. The number of hydrogen-bond acceptors (Lipinski definition) is 2. The number of H-pyrrole nitrogens is 1. The number of rotatable bonds is 4. The molecule has 0 amide bonds. The second-order valence-corrected chi connectivity index (χ2v) is 3.92. The maximum Gasteiger partial charge on any atom is 0.278 e. The molecule has 0 saturated carbocycles. The number of aromatic amines is 1. The third-order valence-electron chi connectivity index (χ3n) is 2.54. The zero-order valence-corrected chi connectivity index (χ0v) is 9.87. The molecule has 0 aliphatic rings. The Labute approximate surface area is 102 Å². The average Bonchev–Trinajstić information content (AvgIpc) is 2.36. The number of fused-ring (bicyclic) bond motifs is 1. The van der Waals surface area contributed by atoms with Gasteiger partial charge >= 0.3 is 0 Å². The van der Waals surface area contributed by atoms with Crippen molar-refractivity contribution in [3.8, 4) is 5.75 Å². The summed E-state index contributed by atoms with van der Waals surface area (Å²) in [5, 5.41) is 0.355. The van der Waals surface area contributed by atoms with Crippen LogP contribution in [0.4, 0.5) is 8.78 Å². The van der Waals surface area contributed by atoms with Crippen LogP contribution in [0.3, 0.4) is 0 Å². The first kappa shape index (κ1) is 12.5. The molecule has 96 valence electrons. The topological polar surface area (TPSA) is 42.1 Å². The van der Waals surface area contributed by atoms with Crippen molar-refractivity contribution in [3.05, 3.63) is 40.2 Å². The standard InChI is InChI=1S/C13H13F2NO2/c1-2-6-18-11-5-3-4-8-10(17)7-9(13(14)15)16-12(8)11/h3-5,7,13H,2,6H2,1H3,(H,16,17). The van der Waals surface area contributed by atoms with Crippen LogP contribution in [-0.4, -0.2) is 11.6 Å². The van der Waals surface area contributed by atoms with E-state index in [2.05, 4.69) is 4.98 Å². The summed E-state index contributed by atoms with van der Waals surface area (Å²) in [7, 11) is 0. The van der Waals surface area contributed by atoms with Crippen molar-refractivity contribution in [2.24, 2.45) is 0 Å². The Morgan fingerprint density at radius 2 is 2.17 bits per heavy atom. The lowest BCUT2D eigenvalue weighted by molar-refractivity contribution is 0.146. The molecule has 0 saturated heterocycles. The van der Waals surface area contributed by atoms with E-state index in [-0.39, 0.29) is 5.69 Å². The number of aromatic nitrogens is 1. The molecule has 0 aliphatic carbocycles. The molecule has 1 N–H and O–H groups in total. The molecule has 3 nitrogen and oxygen atoms in total. The van der Waals surface area contributed by atoms with E-state index in [1.165, 1.54) is 0 Å². The van der Waals surface area contributed by atoms with Crippen LogP contribution < -0.4 is 10.2 Å². The molecule has 2 aromatic rings. The molecule has 0 radical (unpaired) electrons. The molecule has 5 heteroatoms. The van der Waals surface area contributed by atoms with Gasteiger partial charge in [-0.05, 0) is 18.6 Å². The number of nitrogens with one attached hydrogen (secondary N) is 1. The van der Waals surface area contributed by atoms with Crippen LogP contribution in [-0.2, 0) is 0 Å². The number of alkyl halides is 2. The van der Waals surface area contributed by atoms with Gasteiger partial charge in [0, 0.05) is 11.5 Å². The van der Waals surface area contributed by atoms with Crippen molar-refractivity contribution in [2.45, 2.75) is 19.8 Å². The number of hydrogen-bond donors (Lipinski definition) is 1. The van der Waals surface area contributed by atoms with Gasteiger partial charge in [-0.15, -0.1) is 0 Å². The van der Waals surface area contributed by atoms with Crippen LogP contribution in [0.15, 0.2) is 29.1 Å². The molecular formula is C13H13F2NO2. The van der Waals surface area contributed by atoms with E-state index in [1.807, 2.05) is 6.92 Å².